The highest BCUT2D eigenvalue weighted by atomic mass is 79.9. The van der Waals surface area contributed by atoms with Crippen LogP contribution in [-0.4, -0.2) is 10.8 Å². The molecule has 1 amide bonds. The maximum atomic E-state index is 12.2. The summed E-state index contributed by atoms with van der Waals surface area (Å²) in [5.41, 5.74) is 1.67. The molecule has 0 atom stereocenters. The molecular formula is C14H10Br2N2O3. The summed E-state index contributed by atoms with van der Waals surface area (Å²) in [4.78, 5) is 22.5. The number of rotatable bonds is 3. The third-order valence-corrected chi connectivity index (χ3v) is 4.57. The number of carbonyl (C=O) groups excluding carboxylic acids is 1. The van der Waals surface area contributed by atoms with Gasteiger partial charge in [-0.1, -0.05) is 12.1 Å². The highest BCUT2D eigenvalue weighted by Gasteiger charge is 2.16. The summed E-state index contributed by atoms with van der Waals surface area (Å²) in [6.07, 6.45) is 0. The van der Waals surface area contributed by atoms with Crippen LogP contribution < -0.4 is 5.32 Å². The number of hydrogen-bond donors (Lipinski definition) is 1. The van der Waals surface area contributed by atoms with Gasteiger partial charge < -0.3 is 5.32 Å². The zero-order chi connectivity index (χ0) is 15.6. The van der Waals surface area contributed by atoms with Gasteiger partial charge in [-0.05, 0) is 62.5 Å². The van der Waals surface area contributed by atoms with Crippen molar-refractivity contribution >= 4 is 49.1 Å². The number of hydrogen-bond acceptors (Lipinski definition) is 3. The number of carbonyl (C=O) groups is 1. The summed E-state index contributed by atoms with van der Waals surface area (Å²) in [7, 11) is 0. The van der Waals surface area contributed by atoms with Crippen LogP contribution in [0.1, 0.15) is 15.9 Å². The SMILES string of the molecule is Cc1cccc(NC(=O)c2ccc(Br)c([N+](=O)[O-])c2)c1Br. The van der Waals surface area contributed by atoms with Gasteiger partial charge in [0.2, 0.25) is 0 Å². The van der Waals surface area contributed by atoms with Gasteiger partial charge in [-0.3, -0.25) is 14.9 Å². The topological polar surface area (TPSA) is 72.2 Å². The van der Waals surface area contributed by atoms with Crippen molar-refractivity contribution in [2.75, 3.05) is 5.32 Å². The molecule has 0 aromatic heterocycles. The molecule has 2 rings (SSSR count). The quantitative estimate of drug-likeness (QED) is 0.586. The molecule has 0 radical (unpaired) electrons. The average Bonchev–Trinajstić information content (AvgIpc) is 2.44. The van der Waals surface area contributed by atoms with E-state index in [1.54, 1.807) is 6.07 Å². The summed E-state index contributed by atoms with van der Waals surface area (Å²) in [5.74, 6) is -0.406. The number of halogens is 2. The van der Waals surface area contributed by atoms with Gasteiger partial charge in [0, 0.05) is 16.1 Å². The van der Waals surface area contributed by atoms with Gasteiger partial charge in [-0.15, -0.1) is 0 Å². The first-order valence-electron chi connectivity index (χ1n) is 5.90. The molecule has 108 valence electrons. The fourth-order valence-corrected chi connectivity index (χ4v) is 2.49. The number of nitro groups is 1. The number of benzene rings is 2. The summed E-state index contributed by atoms with van der Waals surface area (Å²) in [6, 6.07) is 9.73. The smallest absolute Gasteiger partial charge is 0.284 e. The van der Waals surface area contributed by atoms with E-state index in [0.29, 0.717) is 10.2 Å². The van der Waals surface area contributed by atoms with Crippen molar-refractivity contribution in [2.24, 2.45) is 0 Å². The average molecular weight is 414 g/mol. The van der Waals surface area contributed by atoms with Crippen LogP contribution in [0.2, 0.25) is 0 Å². The van der Waals surface area contributed by atoms with Crippen LogP contribution in [0.5, 0.6) is 0 Å². The van der Waals surface area contributed by atoms with Gasteiger partial charge in [0.05, 0.1) is 15.1 Å². The summed E-state index contributed by atoms with van der Waals surface area (Å²) in [6.45, 7) is 1.91. The molecule has 0 aliphatic carbocycles. The van der Waals surface area contributed by atoms with E-state index in [0.717, 1.165) is 10.0 Å². The fourth-order valence-electron chi connectivity index (χ4n) is 1.73. The molecule has 1 N–H and O–H groups in total. The molecule has 0 saturated carbocycles. The third-order valence-electron chi connectivity index (χ3n) is 2.85. The van der Waals surface area contributed by atoms with E-state index in [9.17, 15) is 14.9 Å². The predicted molar refractivity (Wildman–Crippen MR) is 87.6 cm³/mol. The number of nitro benzene ring substituents is 1. The molecule has 0 unspecified atom stereocenters. The van der Waals surface area contributed by atoms with Crippen LogP contribution in [0.15, 0.2) is 45.3 Å². The lowest BCUT2D eigenvalue weighted by molar-refractivity contribution is -0.385. The lowest BCUT2D eigenvalue weighted by atomic mass is 10.1. The highest BCUT2D eigenvalue weighted by molar-refractivity contribution is 9.11. The normalized spacial score (nSPS) is 10.2. The molecule has 0 aliphatic heterocycles. The Hall–Kier alpha value is -1.73. The van der Waals surface area contributed by atoms with E-state index in [2.05, 4.69) is 37.2 Å². The molecule has 2 aromatic rings. The lowest BCUT2D eigenvalue weighted by Gasteiger charge is -2.09. The second-order valence-corrected chi connectivity index (χ2v) is 5.96. The van der Waals surface area contributed by atoms with Crippen LogP contribution in [0, 0.1) is 17.0 Å². The summed E-state index contributed by atoms with van der Waals surface area (Å²) in [5, 5.41) is 13.6. The van der Waals surface area contributed by atoms with E-state index in [1.165, 1.54) is 18.2 Å². The van der Waals surface area contributed by atoms with E-state index in [1.807, 2.05) is 19.1 Å². The number of aryl methyl sites for hydroxylation is 1. The molecule has 0 aliphatic rings. The van der Waals surface area contributed by atoms with Gasteiger partial charge >= 0.3 is 0 Å². The Labute approximate surface area is 137 Å². The summed E-state index contributed by atoms with van der Waals surface area (Å²) < 4.78 is 1.12. The molecule has 21 heavy (non-hydrogen) atoms. The standard InChI is InChI=1S/C14H10Br2N2O3/c1-8-3-2-4-11(13(8)16)17-14(19)9-5-6-10(15)12(7-9)18(20)21/h2-7H,1H3,(H,17,19). The van der Waals surface area contributed by atoms with Gasteiger partial charge in [0.1, 0.15) is 0 Å². The Morgan fingerprint density at radius 2 is 1.95 bits per heavy atom. The van der Waals surface area contributed by atoms with Crippen LogP contribution >= 0.6 is 31.9 Å². The largest absolute Gasteiger partial charge is 0.321 e. The second kappa shape index (κ2) is 6.36. The first kappa shape index (κ1) is 15.7. The molecule has 0 saturated heterocycles. The van der Waals surface area contributed by atoms with Crippen LogP contribution in [0.4, 0.5) is 11.4 Å². The first-order valence-corrected chi connectivity index (χ1v) is 7.49. The van der Waals surface area contributed by atoms with Crippen molar-refractivity contribution in [1.29, 1.82) is 0 Å². The molecule has 0 fully saturated rings. The van der Waals surface area contributed by atoms with Crippen molar-refractivity contribution in [3.63, 3.8) is 0 Å². The van der Waals surface area contributed by atoms with Gasteiger partial charge in [-0.25, -0.2) is 0 Å². The Bertz CT molecular complexity index is 732. The number of nitrogens with one attached hydrogen (secondary N) is 1. The van der Waals surface area contributed by atoms with Crippen LogP contribution in [0.3, 0.4) is 0 Å². The van der Waals surface area contributed by atoms with E-state index < -0.39 is 10.8 Å². The molecule has 7 heteroatoms. The molecule has 0 heterocycles. The molecule has 0 bridgehead atoms. The summed E-state index contributed by atoms with van der Waals surface area (Å²) >= 11 is 6.49. The Morgan fingerprint density at radius 1 is 1.24 bits per heavy atom. The van der Waals surface area contributed by atoms with Crippen LogP contribution in [0.25, 0.3) is 0 Å². The van der Waals surface area contributed by atoms with Gasteiger partial charge in [0.25, 0.3) is 11.6 Å². The lowest BCUT2D eigenvalue weighted by Crippen LogP contribution is -2.12. The van der Waals surface area contributed by atoms with E-state index in [4.69, 9.17) is 0 Å². The Morgan fingerprint density at radius 3 is 2.62 bits per heavy atom. The van der Waals surface area contributed by atoms with Gasteiger partial charge in [0.15, 0.2) is 0 Å². The Balaban J connectivity index is 2.31. The number of nitrogens with zero attached hydrogens (tertiary/aromatic N) is 1. The highest BCUT2D eigenvalue weighted by Crippen LogP contribution is 2.28. The van der Waals surface area contributed by atoms with Crippen molar-refractivity contribution in [2.45, 2.75) is 6.92 Å². The molecule has 0 spiro atoms. The molecular weight excluding hydrogens is 404 g/mol. The maximum absolute atomic E-state index is 12.2. The van der Waals surface area contributed by atoms with E-state index in [-0.39, 0.29) is 11.3 Å². The van der Waals surface area contributed by atoms with Crippen molar-refractivity contribution in [1.82, 2.24) is 0 Å². The predicted octanol–water partition coefficient (Wildman–Crippen LogP) is 4.68. The fraction of sp³-hybridized carbons (Fsp3) is 0.0714. The monoisotopic (exact) mass is 412 g/mol. The first-order chi connectivity index (χ1) is 9.90. The number of anilines is 1. The zero-order valence-corrected chi connectivity index (χ0v) is 14.1. The van der Waals surface area contributed by atoms with Crippen molar-refractivity contribution in [3.8, 4) is 0 Å². The van der Waals surface area contributed by atoms with Crippen molar-refractivity contribution < 1.29 is 9.72 Å². The van der Waals surface area contributed by atoms with Crippen LogP contribution in [-0.2, 0) is 0 Å². The number of amides is 1. The molecule has 2 aromatic carbocycles. The third kappa shape index (κ3) is 3.48. The minimum absolute atomic E-state index is 0.147. The Kier molecular flexibility index (Phi) is 4.74. The minimum Gasteiger partial charge on any atom is -0.321 e. The molecule has 5 nitrogen and oxygen atoms in total. The maximum Gasteiger partial charge on any atom is 0.284 e. The van der Waals surface area contributed by atoms with Gasteiger partial charge in [-0.2, -0.15) is 0 Å². The second-order valence-electron chi connectivity index (χ2n) is 4.31. The zero-order valence-electron chi connectivity index (χ0n) is 10.9. The van der Waals surface area contributed by atoms with E-state index >= 15 is 0 Å². The minimum atomic E-state index is -0.538. The van der Waals surface area contributed by atoms with Crippen molar-refractivity contribution in [3.05, 3.63) is 66.6 Å².